The predicted octanol–water partition coefficient (Wildman–Crippen LogP) is 2.68. The Morgan fingerprint density at radius 2 is 0.535 bits per heavy atom. The first-order chi connectivity index (χ1) is 21.4. The molecule has 0 spiro atoms. The van der Waals surface area contributed by atoms with Crippen molar-refractivity contribution in [1.82, 2.24) is 0 Å². The number of rotatable bonds is 36. The minimum absolute atomic E-state index is 0.515. The minimum atomic E-state index is 0.515. The molecule has 1 aromatic rings. The molecule has 0 saturated carbocycles. The monoisotopic (exact) mass is 732 g/mol. The number of para-hydroxylation sites is 1. The first-order valence-electron chi connectivity index (χ1n) is 15.0. The average Bonchev–Trinajstić information content (AvgIpc) is 3.03. The second kappa shape index (κ2) is 35.8. The summed E-state index contributed by atoms with van der Waals surface area (Å²) < 4.78 is 66.5. The Morgan fingerprint density at radius 3 is 0.791 bits per heavy atom. The standard InChI is InChI=1S/C30H53IO12/c31-6-7-32-8-9-33-10-11-34-12-13-35-14-15-36-16-17-37-18-19-38-20-21-39-22-23-40-24-25-41-26-27-42-28-29-43-30-4-2-1-3-5-30/h1-5H,6-29H2. The molecule has 0 bridgehead atoms. The summed E-state index contributed by atoms with van der Waals surface area (Å²) in [6, 6.07) is 9.68. The first-order valence-corrected chi connectivity index (χ1v) is 16.5. The van der Waals surface area contributed by atoms with Crippen LogP contribution in [0.15, 0.2) is 30.3 Å². The largest absolute Gasteiger partial charge is 0.491 e. The van der Waals surface area contributed by atoms with E-state index in [0.717, 1.165) is 16.8 Å². The minimum Gasteiger partial charge on any atom is -0.491 e. The van der Waals surface area contributed by atoms with Crippen LogP contribution in [0.5, 0.6) is 5.75 Å². The Labute approximate surface area is 271 Å². The van der Waals surface area contributed by atoms with Crippen LogP contribution in [0.1, 0.15) is 0 Å². The topological polar surface area (TPSA) is 111 Å². The number of ether oxygens (including phenoxy) is 12. The molecule has 43 heavy (non-hydrogen) atoms. The lowest BCUT2D eigenvalue weighted by molar-refractivity contribution is -0.0276. The molecule has 0 aliphatic carbocycles. The summed E-state index contributed by atoms with van der Waals surface area (Å²) in [6.45, 7) is 12.5. The molecule has 13 heteroatoms. The number of halogens is 1. The molecule has 0 atom stereocenters. The van der Waals surface area contributed by atoms with Crippen LogP contribution in [-0.2, 0) is 52.1 Å². The molecule has 0 aliphatic rings. The highest BCUT2D eigenvalue weighted by molar-refractivity contribution is 14.1. The van der Waals surface area contributed by atoms with Crippen molar-refractivity contribution in [2.75, 3.05) is 156 Å². The lowest BCUT2D eigenvalue weighted by Crippen LogP contribution is -2.15. The Kier molecular flexibility index (Phi) is 33.6. The Balaban J connectivity index is 1.61. The first kappa shape index (κ1) is 40.3. The zero-order chi connectivity index (χ0) is 30.6. The molecule has 0 aliphatic heterocycles. The smallest absolute Gasteiger partial charge is 0.119 e. The van der Waals surface area contributed by atoms with Crippen LogP contribution in [0.25, 0.3) is 0 Å². The molecule has 1 aromatic carbocycles. The van der Waals surface area contributed by atoms with Crippen LogP contribution in [0.3, 0.4) is 0 Å². The summed E-state index contributed by atoms with van der Waals surface area (Å²) in [4.78, 5) is 0. The lowest BCUT2D eigenvalue weighted by atomic mass is 10.3. The zero-order valence-corrected chi connectivity index (χ0v) is 27.8. The van der Waals surface area contributed by atoms with Gasteiger partial charge in [-0.25, -0.2) is 0 Å². The van der Waals surface area contributed by atoms with E-state index in [1.54, 1.807) is 0 Å². The molecule has 0 N–H and O–H groups in total. The maximum absolute atomic E-state index is 5.55. The normalized spacial score (nSPS) is 11.4. The molecule has 252 valence electrons. The van der Waals surface area contributed by atoms with Crippen LogP contribution in [0.4, 0.5) is 0 Å². The fourth-order valence-electron chi connectivity index (χ4n) is 3.09. The van der Waals surface area contributed by atoms with Gasteiger partial charge < -0.3 is 56.8 Å². The van der Waals surface area contributed by atoms with Crippen molar-refractivity contribution < 1.29 is 56.8 Å². The molecule has 0 unspecified atom stereocenters. The molecule has 0 radical (unpaired) electrons. The molecule has 0 saturated heterocycles. The van der Waals surface area contributed by atoms with Gasteiger partial charge in [-0.3, -0.25) is 0 Å². The fourth-order valence-corrected chi connectivity index (χ4v) is 3.40. The van der Waals surface area contributed by atoms with Crippen molar-refractivity contribution in [3.63, 3.8) is 0 Å². The summed E-state index contributed by atoms with van der Waals surface area (Å²) >= 11 is 2.28. The van der Waals surface area contributed by atoms with Gasteiger partial charge in [0.1, 0.15) is 12.4 Å². The van der Waals surface area contributed by atoms with E-state index in [4.69, 9.17) is 56.8 Å². The van der Waals surface area contributed by atoms with E-state index in [9.17, 15) is 0 Å². The van der Waals surface area contributed by atoms with Gasteiger partial charge in [0.05, 0.1) is 145 Å². The molecule has 0 fully saturated rings. The van der Waals surface area contributed by atoms with Crippen LogP contribution < -0.4 is 4.74 Å². The van der Waals surface area contributed by atoms with Gasteiger partial charge >= 0.3 is 0 Å². The van der Waals surface area contributed by atoms with Gasteiger partial charge in [-0.1, -0.05) is 40.8 Å². The number of alkyl halides is 1. The third kappa shape index (κ3) is 32.5. The number of hydrogen-bond acceptors (Lipinski definition) is 12. The Bertz CT molecular complexity index is 647. The number of benzene rings is 1. The Hall–Kier alpha value is -0.690. The molecule has 1 rings (SSSR count). The van der Waals surface area contributed by atoms with Crippen LogP contribution in [0.2, 0.25) is 0 Å². The quantitative estimate of drug-likeness (QED) is 0.0575. The summed E-state index contributed by atoms with van der Waals surface area (Å²) in [5.74, 6) is 0.845. The summed E-state index contributed by atoms with van der Waals surface area (Å²) in [6.07, 6.45) is 0. The van der Waals surface area contributed by atoms with Crippen molar-refractivity contribution in [3.8, 4) is 5.75 Å². The van der Waals surface area contributed by atoms with Crippen molar-refractivity contribution in [2.45, 2.75) is 0 Å². The summed E-state index contributed by atoms with van der Waals surface area (Å²) in [5.41, 5.74) is 0. The van der Waals surface area contributed by atoms with Crippen LogP contribution >= 0.6 is 22.6 Å². The van der Waals surface area contributed by atoms with E-state index >= 15 is 0 Å². The van der Waals surface area contributed by atoms with Gasteiger partial charge in [0.15, 0.2) is 0 Å². The Morgan fingerprint density at radius 1 is 0.302 bits per heavy atom. The fraction of sp³-hybridized carbons (Fsp3) is 0.800. The van der Waals surface area contributed by atoms with Crippen LogP contribution in [-0.4, -0.2) is 156 Å². The SMILES string of the molecule is ICCOCCOCCOCCOCCOCCOCCOCCOCCOCCOCCOCCOc1ccccc1. The molecular weight excluding hydrogens is 679 g/mol. The highest BCUT2D eigenvalue weighted by Crippen LogP contribution is 2.07. The average molecular weight is 733 g/mol. The van der Waals surface area contributed by atoms with Crippen molar-refractivity contribution in [2.24, 2.45) is 0 Å². The lowest BCUT2D eigenvalue weighted by Gasteiger charge is -2.09. The molecule has 0 amide bonds. The van der Waals surface area contributed by atoms with Gasteiger partial charge in [0.25, 0.3) is 0 Å². The highest BCUT2D eigenvalue weighted by Gasteiger charge is 1.97. The number of hydrogen-bond donors (Lipinski definition) is 0. The third-order valence-corrected chi connectivity index (χ3v) is 5.62. The zero-order valence-electron chi connectivity index (χ0n) is 25.6. The maximum atomic E-state index is 5.55. The van der Waals surface area contributed by atoms with E-state index in [2.05, 4.69) is 22.6 Å². The van der Waals surface area contributed by atoms with Gasteiger partial charge in [-0.2, -0.15) is 0 Å². The van der Waals surface area contributed by atoms with E-state index < -0.39 is 0 Å². The van der Waals surface area contributed by atoms with Gasteiger partial charge in [-0.15, -0.1) is 0 Å². The van der Waals surface area contributed by atoms with E-state index in [0.29, 0.717) is 145 Å². The van der Waals surface area contributed by atoms with Crippen molar-refractivity contribution >= 4 is 22.6 Å². The summed E-state index contributed by atoms with van der Waals surface area (Å²) in [7, 11) is 0. The van der Waals surface area contributed by atoms with E-state index in [1.165, 1.54) is 0 Å². The van der Waals surface area contributed by atoms with E-state index in [1.807, 2.05) is 30.3 Å². The molecular formula is C30H53IO12. The van der Waals surface area contributed by atoms with E-state index in [-0.39, 0.29) is 0 Å². The summed E-state index contributed by atoms with van der Waals surface area (Å²) in [5, 5.41) is 0. The van der Waals surface area contributed by atoms with Gasteiger partial charge in [0.2, 0.25) is 0 Å². The van der Waals surface area contributed by atoms with Crippen molar-refractivity contribution in [1.29, 1.82) is 0 Å². The van der Waals surface area contributed by atoms with Crippen LogP contribution in [0, 0.1) is 0 Å². The second-order valence-corrected chi connectivity index (χ2v) is 9.67. The second-order valence-electron chi connectivity index (χ2n) is 8.59. The molecule has 12 nitrogen and oxygen atoms in total. The third-order valence-electron chi connectivity index (χ3n) is 5.18. The van der Waals surface area contributed by atoms with Crippen molar-refractivity contribution in [3.05, 3.63) is 30.3 Å². The molecule has 0 aromatic heterocycles. The molecule has 0 heterocycles. The highest BCUT2D eigenvalue weighted by atomic mass is 127. The maximum Gasteiger partial charge on any atom is 0.119 e. The predicted molar refractivity (Wildman–Crippen MR) is 170 cm³/mol. The van der Waals surface area contributed by atoms with Gasteiger partial charge in [-0.05, 0) is 12.1 Å². The van der Waals surface area contributed by atoms with Gasteiger partial charge in [0, 0.05) is 4.43 Å².